The van der Waals surface area contributed by atoms with Crippen LogP contribution in [0.25, 0.3) is 0 Å². The minimum Gasteiger partial charge on any atom is -0.408 e. The van der Waals surface area contributed by atoms with Crippen molar-refractivity contribution in [1.29, 1.82) is 0 Å². The summed E-state index contributed by atoms with van der Waals surface area (Å²) >= 11 is 11.7. The molecule has 1 N–H and O–H groups in total. The van der Waals surface area contributed by atoms with Crippen molar-refractivity contribution in [3.8, 4) is 5.75 Å². The van der Waals surface area contributed by atoms with Crippen molar-refractivity contribution in [3.63, 3.8) is 0 Å². The van der Waals surface area contributed by atoms with Crippen molar-refractivity contribution in [1.82, 2.24) is 0 Å². The van der Waals surface area contributed by atoms with E-state index >= 15 is 0 Å². The summed E-state index contributed by atoms with van der Waals surface area (Å²) in [5.41, 5.74) is 1.39. The maximum absolute atomic E-state index is 12.9. The number of hydrogen-bond acceptors (Lipinski definition) is 2. The fourth-order valence-electron chi connectivity index (χ4n) is 1.47. The summed E-state index contributed by atoms with van der Waals surface area (Å²) in [6.07, 6.45) is -0.738. The van der Waals surface area contributed by atoms with E-state index < -0.39 is 11.9 Å². The van der Waals surface area contributed by atoms with Gasteiger partial charge in [0.25, 0.3) is 0 Å². The van der Waals surface area contributed by atoms with Crippen molar-refractivity contribution >= 4 is 35.0 Å². The van der Waals surface area contributed by atoms with E-state index in [0.29, 0.717) is 10.7 Å². The third kappa shape index (κ3) is 3.62. The van der Waals surface area contributed by atoms with E-state index in [2.05, 4.69) is 5.32 Å². The van der Waals surface area contributed by atoms with Crippen LogP contribution < -0.4 is 10.1 Å². The summed E-state index contributed by atoms with van der Waals surface area (Å²) in [5.74, 6) is -0.433. The molecule has 0 saturated carbocycles. The lowest BCUT2D eigenvalue weighted by atomic mass is 10.2. The lowest BCUT2D eigenvalue weighted by Crippen LogP contribution is -2.16. The van der Waals surface area contributed by atoms with Crippen molar-refractivity contribution in [2.75, 3.05) is 5.32 Å². The maximum Gasteiger partial charge on any atom is 0.417 e. The number of rotatable bonds is 2. The Bertz CT molecular complexity index is 662. The Morgan fingerprint density at radius 1 is 1.15 bits per heavy atom. The van der Waals surface area contributed by atoms with Gasteiger partial charge in [-0.25, -0.2) is 9.18 Å². The summed E-state index contributed by atoms with van der Waals surface area (Å²) < 4.78 is 17.8. The molecule has 0 aromatic heterocycles. The fraction of sp³-hybridized carbons (Fsp3) is 0.0714. The second-order valence-electron chi connectivity index (χ2n) is 4.05. The fourth-order valence-corrected chi connectivity index (χ4v) is 1.86. The van der Waals surface area contributed by atoms with Gasteiger partial charge >= 0.3 is 6.09 Å². The second kappa shape index (κ2) is 6.11. The summed E-state index contributed by atoms with van der Waals surface area (Å²) in [6.45, 7) is 1.85. The Morgan fingerprint density at radius 3 is 2.55 bits per heavy atom. The molecule has 0 heterocycles. The maximum atomic E-state index is 12.9. The van der Waals surface area contributed by atoms with Crippen molar-refractivity contribution in [2.45, 2.75) is 6.92 Å². The summed E-state index contributed by atoms with van der Waals surface area (Å²) in [4.78, 5) is 11.7. The number of benzene rings is 2. The monoisotopic (exact) mass is 313 g/mol. The van der Waals surface area contributed by atoms with Crippen LogP contribution in [0.1, 0.15) is 5.56 Å². The molecule has 20 heavy (non-hydrogen) atoms. The summed E-state index contributed by atoms with van der Waals surface area (Å²) in [5, 5.41) is 3.05. The zero-order valence-electron chi connectivity index (χ0n) is 10.4. The van der Waals surface area contributed by atoms with Crippen LogP contribution in [0.2, 0.25) is 10.0 Å². The molecule has 1 amide bonds. The van der Waals surface area contributed by atoms with E-state index in [4.69, 9.17) is 27.9 Å². The van der Waals surface area contributed by atoms with Gasteiger partial charge in [-0.05, 0) is 42.8 Å². The van der Waals surface area contributed by atoms with Gasteiger partial charge in [0.2, 0.25) is 0 Å². The number of anilines is 1. The second-order valence-corrected chi connectivity index (χ2v) is 4.87. The number of hydrogen-bond donors (Lipinski definition) is 1. The van der Waals surface area contributed by atoms with Gasteiger partial charge in [0, 0.05) is 10.7 Å². The molecule has 0 fully saturated rings. The average Bonchev–Trinajstić information content (AvgIpc) is 2.37. The molecule has 2 aromatic carbocycles. The predicted molar refractivity (Wildman–Crippen MR) is 77.2 cm³/mol. The zero-order valence-corrected chi connectivity index (χ0v) is 11.9. The third-order valence-corrected chi connectivity index (χ3v) is 3.22. The van der Waals surface area contributed by atoms with Gasteiger partial charge in [-0.15, -0.1) is 0 Å². The van der Waals surface area contributed by atoms with Crippen LogP contribution in [0.3, 0.4) is 0 Å². The van der Waals surface area contributed by atoms with Crippen LogP contribution in [-0.4, -0.2) is 6.09 Å². The van der Waals surface area contributed by atoms with Gasteiger partial charge in [-0.2, -0.15) is 0 Å². The normalized spacial score (nSPS) is 10.2. The average molecular weight is 314 g/mol. The Labute approximate surface area is 125 Å². The molecule has 0 atom stereocenters. The van der Waals surface area contributed by atoms with Crippen LogP contribution in [0.5, 0.6) is 5.75 Å². The van der Waals surface area contributed by atoms with E-state index in [1.54, 1.807) is 18.2 Å². The van der Waals surface area contributed by atoms with Crippen LogP contribution in [0.15, 0.2) is 36.4 Å². The SMILES string of the molecule is Cc1ccc(NC(=O)Oc2ccc(F)cc2Cl)cc1Cl. The standard InChI is InChI=1S/C14H10Cl2FNO2/c1-8-2-4-10(7-11(8)15)18-14(19)20-13-5-3-9(17)6-12(13)16/h2-7H,1H3,(H,18,19). The number of carbonyl (C=O) groups is 1. The highest BCUT2D eigenvalue weighted by Crippen LogP contribution is 2.25. The zero-order chi connectivity index (χ0) is 14.7. The lowest BCUT2D eigenvalue weighted by molar-refractivity contribution is 0.215. The van der Waals surface area contributed by atoms with E-state index in [1.807, 2.05) is 6.92 Å². The summed E-state index contributed by atoms with van der Waals surface area (Å²) in [6, 6.07) is 8.55. The number of aryl methyl sites for hydroxylation is 1. The molecule has 0 saturated heterocycles. The third-order valence-electron chi connectivity index (χ3n) is 2.51. The first-order valence-electron chi connectivity index (χ1n) is 5.66. The topological polar surface area (TPSA) is 38.3 Å². The molecule has 0 unspecified atom stereocenters. The minimum absolute atomic E-state index is 0.0158. The summed E-state index contributed by atoms with van der Waals surface area (Å²) in [7, 11) is 0. The van der Waals surface area contributed by atoms with Crippen molar-refractivity contribution < 1.29 is 13.9 Å². The van der Waals surface area contributed by atoms with Gasteiger partial charge in [-0.3, -0.25) is 5.32 Å². The van der Waals surface area contributed by atoms with Crippen molar-refractivity contribution in [2.24, 2.45) is 0 Å². The molecule has 0 aliphatic carbocycles. The smallest absolute Gasteiger partial charge is 0.408 e. The van der Waals surface area contributed by atoms with E-state index in [-0.39, 0.29) is 10.8 Å². The van der Waals surface area contributed by atoms with E-state index in [1.165, 1.54) is 6.07 Å². The molecule has 2 rings (SSSR count). The number of carbonyl (C=O) groups excluding carboxylic acids is 1. The molecule has 0 radical (unpaired) electrons. The van der Waals surface area contributed by atoms with E-state index in [9.17, 15) is 9.18 Å². The first kappa shape index (κ1) is 14.6. The van der Waals surface area contributed by atoms with Gasteiger partial charge in [0.1, 0.15) is 5.82 Å². The number of halogens is 3. The van der Waals surface area contributed by atoms with Gasteiger partial charge in [0.15, 0.2) is 5.75 Å². The highest BCUT2D eigenvalue weighted by molar-refractivity contribution is 6.32. The lowest BCUT2D eigenvalue weighted by Gasteiger charge is -2.08. The highest BCUT2D eigenvalue weighted by atomic mass is 35.5. The molecule has 6 heteroatoms. The molecule has 0 aliphatic rings. The van der Waals surface area contributed by atoms with Crippen LogP contribution in [-0.2, 0) is 0 Å². The molecule has 3 nitrogen and oxygen atoms in total. The highest BCUT2D eigenvalue weighted by Gasteiger charge is 2.10. The quantitative estimate of drug-likeness (QED) is 0.842. The Balaban J connectivity index is 2.07. The predicted octanol–water partition coefficient (Wildman–Crippen LogP) is 5.05. The van der Waals surface area contributed by atoms with Gasteiger partial charge in [-0.1, -0.05) is 29.3 Å². The Hall–Kier alpha value is -1.78. The first-order valence-corrected chi connectivity index (χ1v) is 6.41. The number of ether oxygens (including phenoxy) is 1. The molecular formula is C14H10Cl2FNO2. The molecule has 2 aromatic rings. The van der Waals surface area contributed by atoms with Crippen LogP contribution >= 0.6 is 23.2 Å². The minimum atomic E-state index is -0.738. The van der Waals surface area contributed by atoms with Crippen LogP contribution in [0, 0.1) is 12.7 Å². The van der Waals surface area contributed by atoms with Gasteiger partial charge < -0.3 is 4.74 Å². The van der Waals surface area contributed by atoms with Crippen LogP contribution in [0.4, 0.5) is 14.9 Å². The van der Waals surface area contributed by atoms with Crippen molar-refractivity contribution in [3.05, 3.63) is 57.8 Å². The molecular weight excluding hydrogens is 304 g/mol. The number of amides is 1. The Morgan fingerprint density at radius 2 is 1.90 bits per heavy atom. The largest absolute Gasteiger partial charge is 0.417 e. The molecule has 104 valence electrons. The Kier molecular flexibility index (Phi) is 4.47. The first-order chi connectivity index (χ1) is 9.45. The molecule has 0 aliphatic heterocycles. The van der Waals surface area contributed by atoms with E-state index in [0.717, 1.165) is 17.7 Å². The molecule has 0 bridgehead atoms. The number of nitrogens with one attached hydrogen (secondary N) is 1. The van der Waals surface area contributed by atoms with Gasteiger partial charge in [0.05, 0.1) is 5.02 Å². The molecule has 0 spiro atoms.